The van der Waals surface area contributed by atoms with Gasteiger partial charge in [0.05, 0.1) is 10.4 Å². The third-order valence-corrected chi connectivity index (χ3v) is 5.42. The van der Waals surface area contributed by atoms with Crippen LogP contribution in [-0.4, -0.2) is 12.6 Å². The van der Waals surface area contributed by atoms with E-state index in [1.165, 1.54) is 29.0 Å². The molecule has 4 heteroatoms. The number of benzene rings is 1. The van der Waals surface area contributed by atoms with Gasteiger partial charge in [-0.1, -0.05) is 29.8 Å². The van der Waals surface area contributed by atoms with Crippen LogP contribution in [0.2, 0.25) is 4.34 Å². The number of thiophene rings is 1. The lowest BCUT2D eigenvalue weighted by Crippen LogP contribution is -2.39. The second-order valence-electron chi connectivity index (χ2n) is 5.73. The van der Waals surface area contributed by atoms with E-state index in [9.17, 15) is 0 Å². The fourth-order valence-electron chi connectivity index (χ4n) is 3.19. The molecule has 2 unspecified atom stereocenters. The highest BCUT2D eigenvalue weighted by Gasteiger charge is 2.28. The molecular formula is C17H21ClN2S. The summed E-state index contributed by atoms with van der Waals surface area (Å²) in [5.41, 5.74) is 9.11. The van der Waals surface area contributed by atoms with Crippen molar-refractivity contribution in [1.29, 1.82) is 0 Å². The van der Waals surface area contributed by atoms with Crippen molar-refractivity contribution in [1.82, 2.24) is 0 Å². The molecule has 2 heterocycles. The van der Waals surface area contributed by atoms with Crippen LogP contribution >= 0.6 is 22.9 Å². The summed E-state index contributed by atoms with van der Waals surface area (Å²) in [4.78, 5) is 3.74. The normalized spacial score (nSPS) is 18.0. The highest BCUT2D eigenvalue weighted by Crippen LogP contribution is 2.38. The average Bonchev–Trinajstić information content (AvgIpc) is 2.77. The van der Waals surface area contributed by atoms with Gasteiger partial charge in [0.15, 0.2) is 0 Å². The summed E-state index contributed by atoms with van der Waals surface area (Å²) in [6, 6.07) is 13.1. The first-order valence-electron chi connectivity index (χ1n) is 7.52. The molecule has 0 aliphatic carbocycles. The van der Waals surface area contributed by atoms with Crippen LogP contribution in [0.15, 0.2) is 36.4 Å². The first kappa shape index (κ1) is 14.9. The lowest BCUT2D eigenvalue weighted by molar-refractivity contribution is 0.531. The second-order valence-corrected chi connectivity index (χ2v) is 7.47. The smallest absolute Gasteiger partial charge is 0.0932 e. The first-order valence-corrected chi connectivity index (χ1v) is 8.71. The van der Waals surface area contributed by atoms with Crippen LogP contribution in [0, 0.1) is 0 Å². The minimum atomic E-state index is 0.0610. The molecule has 0 bridgehead atoms. The number of para-hydroxylation sites is 1. The van der Waals surface area contributed by atoms with Gasteiger partial charge in [-0.15, -0.1) is 11.3 Å². The second kappa shape index (κ2) is 6.39. The first-order chi connectivity index (χ1) is 10.2. The highest BCUT2D eigenvalue weighted by atomic mass is 35.5. The molecule has 21 heavy (non-hydrogen) atoms. The summed E-state index contributed by atoms with van der Waals surface area (Å²) in [6.07, 6.45) is 3.60. The van der Waals surface area contributed by atoms with Gasteiger partial charge in [0.1, 0.15) is 0 Å². The molecule has 2 atom stereocenters. The molecule has 0 spiro atoms. The summed E-state index contributed by atoms with van der Waals surface area (Å²) in [6.45, 7) is 3.14. The Morgan fingerprint density at radius 3 is 2.71 bits per heavy atom. The molecule has 1 aromatic heterocycles. The van der Waals surface area contributed by atoms with E-state index in [1.807, 2.05) is 6.07 Å². The average molecular weight is 321 g/mol. The highest BCUT2D eigenvalue weighted by molar-refractivity contribution is 7.16. The van der Waals surface area contributed by atoms with Gasteiger partial charge in [-0.25, -0.2) is 0 Å². The molecule has 1 aliphatic heterocycles. The zero-order valence-electron chi connectivity index (χ0n) is 12.3. The minimum Gasteiger partial charge on any atom is -0.362 e. The third-order valence-electron chi connectivity index (χ3n) is 4.12. The summed E-state index contributed by atoms with van der Waals surface area (Å²) in [5.74, 6) is 0. The minimum absolute atomic E-state index is 0.0610. The van der Waals surface area contributed by atoms with Gasteiger partial charge in [0.25, 0.3) is 0 Å². The molecule has 112 valence electrons. The number of nitrogens with two attached hydrogens (primary N) is 1. The molecule has 0 saturated heterocycles. The number of halogens is 1. The number of hydrogen-bond donors (Lipinski definition) is 1. The van der Waals surface area contributed by atoms with E-state index in [0.717, 1.165) is 17.3 Å². The van der Waals surface area contributed by atoms with Crippen LogP contribution in [0.4, 0.5) is 5.69 Å². The van der Waals surface area contributed by atoms with Gasteiger partial charge >= 0.3 is 0 Å². The molecule has 2 N–H and O–H groups in total. The molecule has 2 nitrogen and oxygen atoms in total. The largest absolute Gasteiger partial charge is 0.362 e. The van der Waals surface area contributed by atoms with E-state index in [-0.39, 0.29) is 12.1 Å². The Bertz CT molecular complexity index is 608. The number of anilines is 1. The van der Waals surface area contributed by atoms with Crippen molar-refractivity contribution in [3.05, 3.63) is 51.2 Å². The van der Waals surface area contributed by atoms with Crippen LogP contribution in [0.3, 0.4) is 0 Å². The van der Waals surface area contributed by atoms with Gasteiger partial charge < -0.3 is 10.6 Å². The Labute approximate surface area is 135 Å². The monoisotopic (exact) mass is 320 g/mol. The Hall–Kier alpha value is -1.03. The number of hydrogen-bond acceptors (Lipinski definition) is 3. The fourth-order valence-corrected chi connectivity index (χ4v) is 4.48. The maximum absolute atomic E-state index is 6.34. The van der Waals surface area contributed by atoms with E-state index >= 15 is 0 Å². The van der Waals surface area contributed by atoms with Crippen molar-refractivity contribution < 1.29 is 0 Å². The van der Waals surface area contributed by atoms with Gasteiger partial charge in [0.2, 0.25) is 0 Å². The Balaban J connectivity index is 2.03. The van der Waals surface area contributed by atoms with Crippen molar-refractivity contribution in [2.45, 2.75) is 38.3 Å². The van der Waals surface area contributed by atoms with Gasteiger partial charge in [-0.2, -0.15) is 0 Å². The van der Waals surface area contributed by atoms with Gasteiger partial charge in [-0.05, 0) is 49.9 Å². The summed E-state index contributed by atoms with van der Waals surface area (Å²) in [5, 5.41) is 0. The summed E-state index contributed by atoms with van der Waals surface area (Å²) in [7, 11) is 0. The Kier molecular flexibility index (Phi) is 4.53. The zero-order chi connectivity index (χ0) is 14.8. The SMILES string of the molecule is CC(N)C(c1ccc(Cl)s1)N1CCCCc2ccccc21. The van der Waals surface area contributed by atoms with E-state index in [2.05, 4.69) is 42.2 Å². The molecule has 3 rings (SSSR count). The fraction of sp³-hybridized carbons (Fsp3) is 0.412. The number of fused-ring (bicyclic) bond motifs is 1. The lowest BCUT2D eigenvalue weighted by Gasteiger charge is -2.35. The standard InChI is InChI=1S/C17H21ClN2S/c1-12(19)17(15-9-10-16(18)21-15)20-11-5-4-7-13-6-2-3-8-14(13)20/h2-3,6,8-10,12,17H,4-5,7,11,19H2,1H3. The molecule has 1 aliphatic rings. The maximum atomic E-state index is 6.34. The lowest BCUT2D eigenvalue weighted by atomic mass is 10.0. The van der Waals surface area contributed by atoms with Crippen molar-refractivity contribution in [2.24, 2.45) is 5.73 Å². The van der Waals surface area contributed by atoms with Crippen LogP contribution in [0.25, 0.3) is 0 Å². The number of nitrogens with zero attached hydrogens (tertiary/aromatic N) is 1. The van der Waals surface area contributed by atoms with E-state index in [0.29, 0.717) is 0 Å². The molecule has 0 fully saturated rings. The molecule has 0 amide bonds. The quantitative estimate of drug-likeness (QED) is 0.893. The number of rotatable bonds is 3. The zero-order valence-corrected chi connectivity index (χ0v) is 13.8. The Morgan fingerprint density at radius 2 is 2.00 bits per heavy atom. The van der Waals surface area contributed by atoms with E-state index < -0.39 is 0 Å². The van der Waals surface area contributed by atoms with Gasteiger partial charge in [-0.3, -0.25) is 0 Å². The van der Waals surface area contributed by atoms with Crippen LogP contribution < -0.4 is 10.6 Å². The predicted octanol–water partition coefficient (Wildman–Crippen LogP) is 4.63. The molecular weight excluding hydrogens is 300 g/mol. The van der Waals surface area contributed by atoms with Crippen molar-refractivity contribution in [2.75, 3.05) is 11.4 Å². The molecule has 0 saturated carbocycles. The molecule has 0 radical (unpaired) electrons. The van der Waals surface area contributed by atoms with Crippen molar-refractivity contribution in [3.63, 3.8) is 0 Å². The van der Waals surface area contributed by atoms with E-state index in [1.54, 1.807) is 11.3 Å². The van der Waals surface area contributed by atoms with Crippen molar-refractivity contribution >= 4 is 28.6 Å². The third kappa shape index (κ3) is 3.10. The summed E-state index contributed by atoms with van der Waals surface area (Å²) < 4.78 is 0.832. The van der Waals surface area contributed by atoms with Crippen LogP contribution in [-0.2, 0) is 6.42 Å². The topological polar surface area (TPSA) is 29.3 Å². The van der Waals surface area contributed by atoms with Crippen LogP contribution in [0.5, 0.6) is 0 Å². The maximum Gasteiger partial charge on any atom is 0.0932 e. The van der Waals surface area contributed by atoms with Crippen LogP contribution in [0.1, 0.15) is 36.2 Å². The Morgan fingerprint density at radius 1 is 1.19 bits per heavy atom. The predicted molar refractivity (Wildman–Crippen MR) is 92.4 cm³/mol. The summed E-state index contributed by atoms with van der Waals surface area (Å²) >= 11 is 7.78. The van der Waals surface area contributed by atoms with E-state index in [4.69, 9.17) is 17.3 Å². The van der Waals surface area contributed by atoms with Crippen molar-refractivity contribution in [3.8, 4) is 0 Å². The molecule has 2 aromatic rings. The van der Waals surface area contributed by atoms with Gasteiger partial charge in [0, 0.05) is 23.2 Å². The molecule has 1 aromatic carbocycles. The number of aryl methyl sites for hydroxylation is 1.